The summed E-state index contributed by atoms with van der Waals surface area (Å²) in [5.74, 6) is 0. The largest absolute Gasteiger partial charge is 0.490 e. The van der Waals surface area contributed by atoms with Gasteiger partial charge < -0.3 is 14.4 Å². The molecule has 1 saturated heterocycles. The van der Waals surface area contributed by atoms with Crippen LogP contribution in [0.1, 0.15) is 53.9 Å². The van der Waals surface area contributed by atoms with Gasteiger partial charge in [0, 0.05) is 0 Å². The van der Waals surface area contributed by atoms with Crippen LogP contribution in [0.3, 0.4) is 0 Å². The van der Waals surface area contributed by atoms with Gasteiger partial charge in [-0.2, -0.15) is 0 Å². The second-order valence-electron chi connectivity index (χ2n) is 5.65. The second kappa shape index (κ2) is 5.55. The third kappa shape index (κ3) is 3.33. The molecule has 0 amide bonds. The Morgan fingerprint density at radius 1 is 1.18 bits per heavy atom. The lowest BCUT2D eigenvalue weighted by Crippen LogP contribution is -2.41. The average molecular weight is 240 g/mol. The van der Waals surface area contributed by atoms with Gasteiger partial charge in [-0.1, -0.05) is 25.8 Å². The van der Waals surface area contributed by atoms with Crippen LogP contribution in [0.25, 0.3) is 0 Å². The Balaban J connectivity index is 2.76. The zero-order valence-electron chi connectivity index (χ0n) is 11.7. The molecule has 1 aliphatic rings. The minimum Gasteiger partial charge on any atom is -0.400 e. The molecule has 0 radical (unpaired) electrons. The molecular formula is C13H25BO3. The molecule has 3 nitrogen and oxygen atoms in total. The lowest BCUT2D eigenvalue weighted by molar-refractivity contribution is 0.00578. The number of aliphatic hydroxyl groups is 1. The van der Waals surface area contributed by atoms with E-state index in [9.17, 15) is 0 Å². The van der Waals surface area contributed by atoms with Crippen LogP contribution in [0.15, 0.2) is 11.5 Å². The fourth-order valence-corrected chi connectivity index (χ4v) is 1.81. The molecule has 1 rings (SSSR count). The summed E-state index contributed by atoms with van der Waals surface area (Å²) in [6.45, 7) is 10.4. The lowest BCUT2D eigenvalue weighted by Gasteiger charge is -2.32. The molecule has 0 aliphatic carbocycles. The molecule has 0 spiro atoms. The van der Waals surface area contributed by atoms with Crippen LogP contribution in [0.4, 0.5) is 0 Å². The van der Waals surface area contributed by atoms with E-state index in [1.807, 2.05) is 33.8 Å². The molecule has 0 aromatic carbocycles. The second-order valence-corrected chi connectivity index (χ2v) is 5.65. The average Bonchev–Trinajstić information content (AvgIpc) is 2.43. The van der Waals surface area contributed by atoms with Crippen LogP contribution in [-0.4, -0.2) is 30.0 Å². The minimum atomic E-state index is -0.307. The van der Waals surface area contributed by atoms with Crippen LogP contribution in [0.2, 0.25) is 0 Å². The highest BCUT2D eigenvalue weighted by molar-refractivity contribution is 6.54. The van der Waals surface area contributed by atoms with Gasteiger partial charge in [0.1, 0.15) is 0 Å². The van der Waals surface area contributed by atoms with E-state index in [1.165, 1.54) is 0 Å². The van der Waals surface area contributed by atoms with Gasteiger partial charge in [0.2, 0.25) is 0 Å². The zero-order chi connectivity index (χ0) is 13.1. The fourth-order valence-electron chi connectivity index (χ4n) is 1.81. The van der Waals surface area contributed by atoms with Crippen molar-refractivity contribution in [2.75, 3.05) is 6.61 Å². The van der Waals surface area contributed by atoms with Crippen LogP contribution in [0, 0.1) is 0 Å². The van der Waals surface area contributed by atoms with Crippen molar-refractivity contribution in [1.29, 1.82) is 0 Å². The smallest absolute Gasteiger partial charge is 0.400 e. The molecule has 4 heteroatoms. The Hall–Kier alpha value is -0.315. The van der Waals surface area contributed by atoms with Crippen molar-refractivity contribution in [1.82, 2.24) is 0 Å². The number of hydrogen-bond acceptors (Lipinski definition) is 3. The monoisotopic (exact) mass is 240 g/mol. The molecule has 98 valence electrons. The summed E-state index contributed by atoms with van der Waals surface area (Å²) in [5, 5.41) is 9.07. The first-order valence-electron chi connectivity index (χ1n) is 6.49. The molecule has 0 bridgehead atoms. The molecule has 1 heterocycles. The highest BCUT2D eigenvalue weighted by Gasteiger charge is 2.52. The molecule has 1 fully saturated rings. The molecule has 1 N–H and O–H groups in total. The first-order valence-corrected chi connectivity index (χ1v) is 6.49. The van der Waals surface area contributed by atoms with Crippen molar-refractivity contribution in [2.24, 2.45) is 0 Å². The Bertz CT molecular complexity index is 268. The maximum absolute atomic E-state index is 9.07. The summed E-state index contributed by atoms with van der Waals surface area (Å²) in [6, 6.07) is 0. The van der Waals surface area contributed by atoms with Gasteiger partial charge in [0.15, 0.2) is 0 Å². The zero-order valence-corrected chi connectivity index (χ0v) is 11.7. The summed E-state index contributed by atoms with van der Waals surface area (Å²) in [6.07, 6.45) is 4.96. The predicted octanol–water partition coefficient (Wildman–Crippen LogP) is 2.73. The standard InChI is InChI=1S/C13H25BO3/c1-6-7-8-11(9-10-15)14-16-12(2,3)13(4,5)17-14/h9,15H,6-8,10H2,1-5H3/b11-9+. The number of unbranched alkanes of at least 4 members (excludes halogenated alkanes) is 1. The molecule has 0 saturated carbocycles. The number of rotatable bonds is 5. The maximum Gasteiger partial charge on any atom is 0.490 e. The summed E-state index contributed by atoms with van der Waals surface area (Å²) in [5.41, 5.74) is 0.449. The number of allylic oxidation sites excluding steroid dienone is 1. The van der Waals surface area contributed by atoms with Crippen LogP contribution in [0.5, 0.6) is 0 Å². The highest BCUT2D eigenvalue weighted by Crippen LogP contribution is 2.39. The molecule has 17 heavy (non-hydrogen) atoms. The first-order chi connectivity index (χ1) is 7.84. The van der Waals surface area contributed by atoms with Gasteiger partial charge in [0.25, 0.3) is 0 Å². The van der Waals surface area contributed by atoms with Gasteiger partial charge in [-0.25, -0.2) is 0 Å². The molecule has 0 unspecified atom stereocenters. The van der Waals surface area contributed by atoms with E-state index in [2.05, 4.69) is 6.92 Å². The van der Waals surface area contributed by atoms with Crippen molar-refractivity contribution in [3.63, 3.8) is 0 Å². The molecule has 0 atom stereocenters. The molecular weight excluding hydrogens is 215 g/mol. The summed E-state index contributed by atoms with van der Waals surface area (Å²) >= 11 is 0. The SMILES string of the molecule is CCCC/C(=C\CO)B1OC(C)(C)C(C)(C)O1. The Labute approximate surface area is 105 Å². The van der Waals surface area contributed by atoms with E-state index < -0.39 is 0 Å². The Morgan fingerprint density at radius 3 is 2.12 bits per heavy atom. The Morgan fingerprint density at radius 2 is 1.71 bits per heavy atom. The van der Waals surface area contributed by atoms with E-state index >= 15 is 0 Å². The van der Waals surface area contributed by atoms with Gasteiger partial charge >= 0.3 is 7.12 Å². The van der Waals surface area contributed by atoms with Crippen molar-refractivity contribution in [3.05, 3.63) is 11.5 Å². The van der Waals surface area contributed by atoms with E-state index in [4.69, 9.17) is 14.4 Å². The van der Waals surface area contributed by atoms with Crippen molar-refractivity contribution < 1.29 is 14.4 Å². The van der Waals surface area contributed by atoms with Gasteiger partial charge in [-0.05, 0) is 39.6 Å². The third-order valence-electron chi connectivity index (χ3n) is 3.73. The number of aliphatic hydroxyl groups excluding tert-OH is 1. The van der Waals surface area contributed by atoms with Crippen LogP contribution in [-0.2, 0) is 9.31 Å². The first kappa shape index (κ1) is 14.7. The van der Waals surface area contributed by atoms with Crippen LogP contribution >= 0.6 is 0 Å². The summed E-state index contributed by atoms with van der Waals surface area (Å²) < 4.78 is 11.9. The number of hydrogen-bond donors (Lipinski definition) is 1. The van der Waals surface area contributed by atoms with Crippen molar-refractivity contribution >= 4 is 7.12 Å². The quantitative estimate of drug-likeness (QED) is 0.751. The van der Waals surface area contributed by atoms with E-state index in [-0.39, 0.29) is 24.9 Å². The molecule has 0 aromatic heterocycles. The minimum absolute atomic E-state index is 0.0448. The normalized spacial score (nSPS) is 23.2. The van der Waals surface area contributed by atoms with E-state index in [0.29, 0.717) is 0 Å². The predicted molar refractivity (Wildman–Crippen MR) is 70.8 cm³/mol. The van der Waals surface area contributed by atoms with E-state index in [0.717, 1.165) is 24.7 Å². The van der Waals surface area contributed by atoms with Crippen molar-refractivity contribution in [3.8, 4) is 0 Å². The van der Waals surface area contributed by atoms with Gasteiger partial charge in [-0.3, -0.25) is 0 Å². The summed E-state index contributed by atoms with van der Waals surface area (Å²) in [7, 11) is -0.307. The Kier molecular flexibility index (Phi) is 4.81. The van der Waals surface area contributed by atoms with E-state index in [1.54, 1.807) is 0 Å². The molecule has 1 aliphatic heterocycles. The maximum atomic E-state index is 9.07. The lowest BCUT2D eigenvalue weighted by atomic mass is 9.75. The summed E-state index contributed by atoms with van der Waals surface area (Å²) in [4.78, 5) is 0. The third-order valence-corrected chi connectivity index (χ3v) is 3.73. The van der Waals surface area contributed by atoms with Crippen LogP contribution < -0.4 is 0 Å². The van der Waals surface area contributed by atoms with Crippen molar-refractivity contribution in [2.45, 2.75) is 65.1 Å². The molecule has 0 aromatic rings. The fraction of sp³-hybridized carbons (Fsp3) is 0.846. The highest BCUT2D eigenvalue weighted by atomic mass is 16.7. The van der Waals surface area contributed by atoms with Gasteiger partial charge in [-0.15, -0.1) is 0 Å². The van der Waals surface area contributed by atoms with Gasteiger partial charge in [0.05, 0.1) is 17.8 Å². The topological polar surface area (TPSA) is 38.7 Å².